The minimum atomic E-state index is -5.58. The number of alkyl halides is 3. The van der Waals surface area contributed by atoms with Gasteiger partial charge in [-0.05, 0) is 12.5 Å². The van der Waals surface area contributed by atoms with Crippen molar-refractivity contribution in [3.05, 3.63) is 35.9 Å². The second-order valence-electron chi connectivity index (χ2n) is 7.72. The average molecular weight is 535 g/mol. The highest BCUT2D eigenvalue weighted by atomic mass is 32.2. The van der Waals surface area contributed by atoms with E-state index in [-0.39, 0.29) is 25.2 Å². The number of hydrogen-bond acceptors (Lipinski definition) is 7. The average Bonchev–Trinajstić information content (AvgIpc) is 2.79. The number of rotatable bonds is 6. The molecule has 6 amide bonds. The van der Waals surface area contributed by atoms with Gasteiger partial charge in [-0.2, -0.15) is 25.9 Å². The van der Waals surface area contributed by atoms with Crippen LogP contribution in [-0.4, -0.2) is 94.6 Å². The highest BCUT2D eigenvalue weighted by molar-refractivity contribution is 7.84. The SMILES string of the molecule is CCN1CCN(C(=O)NC(C(=O)NC2C(=O)N(S(=O)(=O)O)C2C(F)(F)F)c2ccccc2)C(=O)C1=O. The molecule has 196 valence electrons. The van der Waals surface area contributed by atoms with E-state index in [1.807, 2.05) is 0 Å². The van der Waals surface area contributed by atoms with E-state index < -0.39 is 68.6 Å². The van der Waals surface area contributed by atoms with Gasteiger partial charge < -0.3 is 15.5 Å². The maximum Gasteiger partial charge on any atom is 0.412 e. The van der Waals surface area contributed by atoms with E-state index in [1.165, 1.54) is 35.2 Å². The third-order valence-corrected chi connectivity index (χ3v) is 6.44. The maximum absolute atomic E-state index is 13.4. The molecule has 3 unspecified atom stereocenters. The number of nitrogens with one attached hydrogen (secondary N) is 2. The molecule has 0 aromatic heterocycles. The lowest BCUT2D eigenvalue weighted by molar-refractivity contribution is -0.208. The van der Waals surface area contributed by atoms with Crippen molar-refractivity contribution in [1.29, 1.82) is 0 Å². The molecule has 0 saturated carbocycles. The zero-order valence-corrected chi connectivity index (χ0v) is 19.2. The highest BCUT2D eigenvalue weighted by Gasteiger charge is 2.65. The number of likely N-dealkylation sites (N-methyl/N-ethyl adjacent to an activating group) is 1. The van der Waals surface area contributed by atoms with Crippen LogP contribution >= 0.6 is 0 Å². The monoisotopic (exact) mass is 535 g/mol. The Balaban J connectivity index is 1.84. The van der Waals surface area contributed by atoms with Crippen molar-refractivity contribution in [2.24, 2.45) is 0 Å². The number of amides is 6. The minimum absolute atomic E-state index is 0.0198. The largest absolute Gasteiger partial charge is 0.412 e. The second kappa shape index (κ2) is 9.73. The summed E-state index contributed by atoms with van der Waals surface area (Å²) in [4.78, 5) is 63.9. The molecule has 3 N–H and O–H groups in total. The Morgan fingerprint density at radius 2 is 1.72 bits per heavy atom. The first-order valence-electron chi connectivity index (χ1n) is 10.3. The van der Waals surface area contributed by atoms with Crippen LogP contribution < -0.4 is 10.6 Å². The molecule has 2 fully saturated rings. The molecule has 2 saturated heterocycles. The van der Waals surface area contributed by atoms with Gasteiger partial charge >= 0.3 is 34.3 Å². The third kappa shape index (κ3) is 5.11. The molecule has 2 aliphatic heterocycles. The van der Waals surface area contributed by atoms with E-state index >= 15 is 0 Å². The van der Waals surface area contributed by atoms with Crippen molar-refractivity contribution < 1.29 is 50.1 Å². The zero-order valence-electron chi connectivity index (χ0n) is 18.4. The van der Waals surface area contributed by atoms with Gasteiger partial charge in [0.25, 0.3) is 5.91 Å². The number of benzene rings is 1. The quantitative estimate of drug-likeness (QED) is 0.241. The Morgan fingerprint density at radius 1 is 1.11 bits per heavy atom. The van der Waals surface area contributed by atoms with Gasteiger partial charge in [0.1, 0.15) is 12.1 Å². The molecule has 3 atom stereocenters. The minimum Gasteiger partial charge on any atom is -0.340 e. The molecule has 3 rings (SSSR count). The fourth-order valence-electron chi connectivity index (χ4n) is 3.74. The molecule has 17 heteroatoms. The van der Waals surface area contributed by atoms with Crippen LogP contribution in [0.3, 0.4) is 0 Å². The molecule has 0 bridgehead atoms. The third-order valence-electron chi connectivity index (χ3n) is 5.53. The van der Waals surface area contributed by atoms with Gasteiger partial charge in [-0.15, -0.1) is 0 Å². The summed E-state index contributed by atoms with van der Waals surface area (Å²) in [6.07, 6.45) is -5.35. The Kier molecular flexibility index (Phi) is 7.26. The topological polar surface area (TPSA) is 173 Å². The molecule has 13 nitrogen and oxygen atoms in total. The molecule has 1 aromatic carbocycles. The van der Waals surface area contributed by atoms with Crippen molar-refractivity contribution in [3.8, 4) is 0 Å². The Labute approximate surface area is 202 Å². The van der Waals surface area contributed by atoms with Crippen LogP contribution in [-0.2, 0) is 29.5 Å². The summed E-state index contributed by atoms with van der Waals surface area (Å²) in [6.45, 7) is 1.64. The van der Waals surface area contributed by atoms with Crippen LogP contribution in [0.5, 0.6) is 0 Å². The predicted octanol–water partition coefficient (Wildman–Crippen LogP) is -0.811. The van der Waals surface area contributed by atoms with E-state index in [1.54, 1.807) is 12.2 Å². The molecule has 0 radical (unpaired) electrons. The van der Waals surface area contributed by atoms with Gasteiger partial charge in [0.05, 0.1) is 0 Å². The van der Waals surface area contributed by atoms with Crippen molar-refractivity contribution in [1.82, 2.24) is 24.7 Å². The standard InChI is InChI=1S/C19H20F3N5O8S/c1-2-25-8-9-26(17(31)16(25)30)18(32)24-11(10-6-4-3-5-7-10)14(28)23-12-13(19(20,21)22)27(15(12)29)36(33,34)35/h3-7,11-13H,2,8-9H2,1H3,(H,23,28)(H,24,32)(H,33,34,35). The molecule has 0 spiro atoms. The first-order chi connectivity index (χ1) is 16.7. The molecule has 36 heavy (non-hydrogen) atoms. The lowest BCUT2D eigenvalue weighted by Crippen LogP contribution is -2.76. The lowest BCUT2D eigenvalue weighted by Gasteiger charge is -2.44. The van der Waals surface area contributed by atoms with E-state index in [9.17, 15) is 45.6 Å². The molecule has 0 aliphatic carbocycles. The summed E-state index contributed by atoms with van der Waals surface area (Å²) in [5.41, 5.74) is 0.0382. The number of halogens is 3. The van der Waals surface area contributed by atoms with Gasteiger partial charge in [-0.25, -0.2) is 4.79 Å². The summed E-state index contributed by atoms with van der Waals surface area (Å²) >= 11 is 0. The van der Waals surface area contributed by atoms with E-state index in [0.29, 0.717) is 4.90 Å². The Morgan fingerprint density at radius 3 is 2.25 bits per heavy atom. The van der Waals surface area contributed by atoms with Gasteiger partial charge in [0, 0.05) is 19.6 Å². The van der Waals surface area contributed by atoms with Crippen molar-refractivity contribution in [2.45, 2.75) is 31.2 Å². The van der Waals surface area contributed by atoms with E-state index in [4.69, 9.17) is 4.55 Å². The van der Waals surface area contributed by atoms with E-state index in [0.717, 1.165) is 0 Å². The van der Waals surface area contributed by atoms with Gasteiger partial charge in [-0.1, -0.05) is 30.3 Å². The Bertz CT molecular complexity index is 1190. The fraction of sp³-hybridized carbons (Fsp3) is 0.421. The number of carbonyl (C=O) groups excluding carboxylic acids is 5. The first-order valence-corrected chi connectivity index (χ1v) is 11.7. The fourth-order valence-corrected chi connectivity index (χ4v) is 4.61. The van der Waals surface area contributed by atoms with Crippen LogP contribution in [0.4, 0.5) is 18.0 Å². The smallest absolute Gasteiger partial charge is 0.340 e. The van der Waals surface area contributed by atoms with Crippen LogP contribution in [0, 0.1) is 0 Å². The van der Waals surface area contributed by atoms with Crippen molar-refractivity contribution in [2.75, 3.05) is 19.6 Å². The van der Waals surface area contributed by atoms with Gasteiger partial charge in [0.15, 0.2) is 6.04 Å². The lowest BCUT2D eigenvalue weighted by atomic mass is 9.97. The summed E-state index contributed by atoms with van der Waals surface area (Å²) < 4.78 is 70.8. The van der Waals surface area contributed by atoms with Crippen LogP contribution in [0.2, 0.25) is 0 Å². The number of nitrogens with zero attached hydrogens (tertiary/aromatic N) is 3. The van der Waals surface area contributed by atoms with E-state index in [2.05, 4.69) is 5.32 Å². The summed E-state index contributed by atoms with van der Waals surface area (Å²) in [6, 6.07) is -1.40. The predicted molar refractivity (Wildman–Crippen MR) is 112 cm³/mol. The molecule has 2 heterocycles. The molecular weight excluding hydrogens is 515 g/mol. The number of β-lactam (4-membered cyclic amide) rings is 1. The van der Waals surface area contributed by atoms with Crippen molar-refractivity contribution >= 4 is 40.0 Å². The number of hydrogen-bond donors (Lipinski definition) is 3. The van der Waals surface area contributed by atoms with Gasteiger partial charge in [-0.3, -0.25) is 28.6 Å². The van der Waals surface area contributed by atoms with Crippen LogP contribution in [0.1, 0.15) is 18.5 Å². The molecule has 2 aliphatic rings. The summed E-state index contributed by atoms with van der Waals surface area (Å²) in [7, 11) is -5.58. The zero-order chi connectivity index (χ0) is 27.0. The Hall–Kier alpha value is -3.73. The number of imide groups is 1. The van der Waals surface area contributed by atoms with Crippen LogP contribution in [0.15, 0.2) is 30.3 Å². The second-order valence-corrected chi connectivity index (χ2v) is 9.01. The van der Waals surface area contributed by atoms with Crippen molar-refractivity contribution in [3.63, 3.8) is 0 Å². The van der Waals surface area contributed by atoms with Gasteiger partial charge in [0.2, 0.25) is 5.91 Å². The number of piperazine rings is 1. The summed E-state index contributed by atoms with van der Waals surface area (Å²) in [5.74, 6) is -5.23. The number of carbonyl (C=O) groups is 5. The molecule has 1 aromatic rings. The maximum atomic E-state index is 13.4. The van der Waals surface area contributed by atoms with Crippen LogP contribution in [0.25, 0.3) is 0 Å². The first kappa shape index (κ1) is 26.9. The highest BCUT2D eigenvalue weighted by Crippen LogP contribution is 2.37. The normalized spacial score (nSPS) is 21.7. The number of urea groups is 1. The summed E-state index contributed by atoms with van der Waals surface area (Å²) in [5, 5.41) is 3.91. The molecular formula is C19H20F3N5O8S.